The van der Waals surface area contributed by atoms with Crippen LogP contribution in [0.25, 0.3) is 0 Å². The van der Waals surface area contributed by atoms with Gasteiger partial charge in [0.05, 0.1) is 0 Å². The molecule has 0 aromatic carbocycles. The highest BCUT2D eigenvalue weighted by Gasteiger charge is 2.44. The Balaban J connectivity index is 4.20. The lowest BCUT2D eigenvalue weighted by Crippen LogP contribution is -2.46. The molecule has 0 saturated carbocycles. The van der Waals surface area contributed by atoms with Crippen LogP contribution in [0, 0.1) is 5.92 Å². The molecule has 0 aromatic rings. The molecule has 1 atom stereocenters. The van der Waals surface area contributed by atoms with Gasteiger partial charge < -0.3 is 15.3 Å². The van der Waals surface area contributed by atoms with Gasteiger partial charge in [-0.2, -0.15) is 0 Å². The number of ketones is 1. The second kappa shape index (κ2) is 16.1. The van der Waals surface area contributed by atoms with Crippen LogP contribution in [0.5, 0.6) is 0 Å². The molecule has 0 aliphatic carbocycles. The van der Waals surface area contributed by atoms with E-state index in [1.807, 2.05) is 0 Å². The summed E-state index contributed by atoms with van der Waals surface area (Å²) in [6.07, 6.45) is 14.3. The average molecular weight is 387 g/mol. The monoisotopic (exact) mass is 386 g/mol. The fourth-order valence-electron chi connectivity index (χ4n) is 3.48. The molecule has 160 valence electrons. The molecule has 5 nitrogen and oxygen atoms in total. The number of carbonyl (C=O) groups is 2. The average Bonchev–Trinajstić information content (AvgIpc) is 2.59. The zero-order valence-corrected chi connectivity index (χ0v) is 17.5. The molecule has 0 radical (unpaired) electrons. The molecule has 0 saturated heterocycles. The maximum Gasteiger partial charge on any atom is 0.319 e. The second-order valence-electron chi connectivity index (χ2n) is 7.86. The number of carboxylic acid groups (broad SMARTS) is 1. The highest BCUT2D eigenvalue weighted by Crippen LogP contribution is 2.25. The fourth-order valence-corrected chi connectivity index (χ4v) is 3.48. The predicted molar refractivity (Wildman–Crippen MR) is 109 cm³/mol. The third-order valence-corrected chi connectivity index (χ3v) is 5.21. The van der Waals surface area contributed by atoms with E-state index < -0.39 is 23.5 Å². The van der Waals surface area contributed by atoms with E-state index in [1.54, 1.807) is 0 Å². The molecule has 5 heteroatoms. The summed E-state index contributed by atoms with van der Waals surface area (Å²) in [5.41, 5.74) is 0. The summed E-state index contributed by atoms with van der Waals surface area (Å²) in [5.74, 6) is -6.19. The van der Waals surface area contributed by atoms with Crippen molar-refractivity contribution in [3.05, 3.63) is 0 Å². The number of carbonyl (C=O) groups excluding carboxylic acids is 1. The van der Waals surface area contributed by atoms with Gasteiger partial charge in [0, 0.05) is 12.8 Å². The minimum Gasteiger partial charge on any atom is -0.481 e. The van der Waals surface area contributed by atoms with Gasteiger partial charge in [-0.1, -0.05) is 90.9 Å². The Morgan fingerprint density at radius 3 is 1.56 bits per heavy atom. The third kappa shape index (κ3) is 13.0. The Bertz CT molecular complexity index is 392. The van der Waals surface area contributed by atoms with Crippen molar-refractivity contribution in [2.24, 2.45) is 5.92 Å². The van der Waals surface area contributed by atoms with Crippen molar-refractivity contribution in [2.75, 3.05) is 0 Å². The van der Waals surface area contributed by atoms with Gasteiger partial charge >= 0.3 is 5.97 Å². The third-order valence-electron chi connectivity index (χ3n) is 5.21. The molecule has 27 heavy (non-hydrogen) atoms. The van der Waals surface area contributed by atoms with E-state index in [-0.39, 0.29) is 12.8 Å². The maximum absolute atomic E-state index is 12.3. The van der Waals surface area contributed by atoms with Crippen LogP contribution in [0.1, 0.15) is 117 Å². The van der Waals surface area contributed by atoms with E-state index in [2.05, 4.69) is 13.8 Å². The number of rotatable bonds is 19. The Morgan fingerprint density at radius 1 is 0.704 bits per heavy atom. The fraction of sp³-hybridized carbons (Fsp3) is 0.909. The summed E-state index contributed by atoms with van der Waals surface area (Å²) in [5, 5.41) is 29.8. The molecule has 0 fully saturated rings. The van der Waals surface area contributed by atoms with Crippen molar-refractivity contribution in [3.8, 4) is 0 Å². The topological polar surface area (TPSA) is 94.8 Å². The van der Waals surface area contributed by atoms with E-state index in [0.717, 1.165) is 38.5 Å². The van der Waals surface area contributed by atoms with Crippen LogP contribution in [-0.2, 0) is 9.59 Å². The summed E-state index contributed by atoms with van der Waals surface area (Å²) in [4.78, 5) is 23.7. The van der Waals surface area contributed by atoms with Crippen molar-refractivity contribution >= 4 is 11.8 Å². The molecule has 0 heterocycles. The van der Waals surface area contributed by atoms with Crippen molar-refractivity contribution in [1.82, 2.24) is 0 Å². The lowest BCUT2D eigenvalue weighted by molar-refractivity contribution is -0.212. The first kappa shape index (κ1) is 26.1. The van der Waals surface area contributed by atoms with Gasteiger partial charge in [0.25, 0.3) is 0 Å². The molecule has 0 aliphatic rings. The number of Topliss-reactive ketones (excluding diaryl/α,β-unsaturated/α-hetero) is 1. The smallest absolute Gasteiger partial charge is 0.319 e. The van der Waals surface area contributed by atoms with E-state index >= 15 is 0 Å². The van der Waals surface area contributed by atoms with Gasteiger partial charge in [-0.15, -0.1) is 0 Å². The molecule has 0 spiro atoms. The number of carboxylic acids is 1. The van der Waals surface area contributed by atoms with Crippen LogP contribution in [0.4, 0.5) is 0 Å². The number of unbranched alkanes of at least 4 members (excludes halogenated alkanes) is 12. The van der Waals surface area contributed by atoms with Gasteiger partial charge in [-0.25, -0.2) is 0 Å². The van der Waals surface area contributed by atoms with Gasteiger partial charge in [-0.3, -0.25) is 9.59 Å². The van der Waals surface area contributed by atoms with Gasteiger partial charge in [0.15, 0.2) is 17.5 Å². The summed E-state index contributed by atoms with van der Waals surface area (Å²) < 4.78 is 0. The predicted octanol–water partition coefficient (Wildman–Crippen LogP) is 5.22. The minimum absolute atomic E-state index is 0.0689. The highest BCUT2D eigenvalue weighted by molar-refractivity contribution is 5.99. The molecule has 1 unspecified atom stereocenters. The van der Waals surface area contributed by atoms with E-state index in [4.69, 9.17) is 0 Å². The lowest BCUT2D eigenvalue weighted by Gasteiger charge is -2.27. The molecule has 0 rings (SSSR count). The summed E-state index contributed by atoms with van der Waals surface area (Å²) in [7, 11) is 0. The van der Waals surface area contributed by atoms with Gasteiger partial charge in [-0.05, 0) is 12.8 Å². The van der Waals surface area contributed by atoms with Crippen molar-refractivity contribution in [1.29, 1.82) is 0 Å². The van der Waals surface area contributed by atoms with E-state index in [1.165, 1.54) is 38.5 Å². The Morgan fingerprint density at radius 2 is 1.11 bits per heavy atom. The summed E-state index contributed by atoms with van der Waals surface area (Å²) in [6.45, 7) is 4.31. The molecule has 0 amide bonds. The van der Waals surface area contributed by atoms with Crippen molar-refractivity contribution in [3.63, 3.8) is 0 Å². The van der Waals surface area contributed by atoms with Gasteiger partial charge in [0.2, 0.25) is 0 Å². The normalized spacial score (nSPS) is 12.9. The molecular formula is C22H42O5. The first-order chi connectivity index (χ1) is 12.9. The molecule has 0 aliphatic heterocycles. The van der Waals surface area contributed by atoms with Crippen LogP contribution in [0.3, 0.4) is 0 Å². The Kier molecular flexibility index (Phi) is 15.5. The lowest BCUT2D eigenvalue weighted by atomic mass is 9.87. The van der Waals surface area contributed by atoms with Crippen LogP contribution < -0.4 is 0 Å². The molecule has 0 bridgehead atoms. The zero-order chi connectivity index (χ0) is 20.5. The Hall–Kier alpha value is -0.940. The van der Waals surface area contributed by atoms with Crippen LogP contribution in [0.15, 0.2) is 0 Å². The Labute approximate surface area is 165 Å². The quantitative estimate of drug-likeness (QED) is 0.161. The molecule has 3 N–H and O–H groups in total. The van der Waals surface area contributed by atoms with Crippen LogP contribution >= 0.6 is 0 Å². The number of hydrogen-bond acceptors (Lipinski definition) is 4. The van der Waals surface area contributed by atoms with E-state index in [9.17, 15) is 24.9 Å². The summed E-state index contributed by atoms with van der Waals surface area (Å²) >= 11 is 0. The second-order valence-corrected chi connectivity index (χ2v) is 7.86. The maximum atomic E-state index is 12.3. The highest BCUT2D eigenvalue weighted by atomic mass is 16.5. The van der Waals surface area contributed by atoms with Crippen LogP contribution in [0.2, 0.25) is 0 Å². The number of hydrogen-bond donors (Lipinski definition) is 3. The molecule has 0 aromatic heterocycles. The van der Waals surface area contributed by atoms with Crippen molar-refractivity contribution < 1.29 is 24.9 Å². The number of aliphatic hydroxyl groups is 2. The SMILES string of the molecule is CCCCCCCCCC(=O)C(C(=O)O)C(O)(O)CCCCCCCCC. The number of aliphatic carboxylic acids is 1. The van der Waals surface area contributed by atoms with E-state index in [0.29, 0.717) is 12.8 Å². The first-order valence-electron chi connectivity index (χ1n) is 11.1. The largest absolute Gasteiger partial charge is 0.481 e. The summed E-state index contributed by atoms with van der Waals surface area (Å²) in [6, 6.07) is 0. The van der Waals surface area contributed by atoms with Crippen molar-refractivity contribution in [2.45, 2.75) is 122 Å². The zero-order valence-electron chi connectivity index (χ0n) is 17.5. The van der Waals surface area contributed by atoms with Crippen LogP contribution in [-0.4, -0.2) is 32.9 Å². The molecular weight excluding hydrogens is 344 g/mol. The standard InChI is InChI=1S/C22H42O5/c1-3-5-7-9-11-13-15-17-19(23)20(21(24)25)22(26,27)18-16-14-12-10-8-6-4-2/h20,26-27H,3-18H2,1-2H3,(H,24,25). The first-order valence-corrected chi connectivity index (χ1v) is 11.1. The minimum atomic E-state index is -2.45. The van der Waals surface area contributed by atoms with Gasteiger partial charge in [0.1, 0.15) is 0 Å².